The third-order valence-electron chi connectivity index (χ3n) is 6.24. The van der Waals surface area contributed by atoms with Gasteiger partial charge in [0.25, 0.3) is 0 Å². The van der Waals surface area contributed by atoms with Crippen LogP contribution in [0, 0.1) is 11.8 Å². The van der Waals surface area contributed by atoms with Crippen molar-refractivity contribution in [3.8, 4) is 5.75 Å². The maximum atomic E-state index is 11.6. The molecule has 1 fully saturated rings. The fraction of sp³-hybridized carbons (Fsp3) is 0.545. The van der Waals surface area contributed by atoms with E-state index in [0.29, 0.717) is 17.6 Å². The molecule has 1 aromatic carbocycles. The molecule has 0 radical (unpaired) electrons. The van der Waals surface area contributed by atoms with E-state index in [1.807, 2.05) is 18.2 Å². The molecule has 5 heteroatoms. The van der Waals surface area contributed by atoms with Crippen LogP contribution >= 0.6 is 7.60 Å². The van der Waals surface area contributed by atoms with Gasteiger partial charge in [-0.2, -0.15) is 0 Å². The van der Waals surface area contributed by atoms with Crippen LogP contribution < -0.4 is 4.52 Å². The fourth-order valence-corrected chi connectivity index (χ4v) is 5.82. The van der Waals surface area contributed by atoms with Crippen molar-refractivity contribution in [2.75, 3.05) is 13.8 Å². The van der Waals surface area contributed by atoms with Crippen molar-refractivity contribution in [3.05, 3.63) is 46.5 Å². The lowest BCUT2D eigenvalue weighted by atomic mass is 9.62. The molecule has 3 aliphatic rings. The van der Waals surface area contributed by atoms with Crippen molar-refractivity contribution >= 4 is 13.4 Å². The molecular formula is C22H29O4P. The molecule has 4 rings (SSSR count). The van der Waals surface area contributed by atoms with Crippen LogP contribution in [0.2, 0.25) is 0 Å². The van der Waals surface area contributed by atoms with Crippen molar-refractivity contribution in [3.63, 3.8) is 0 Å². The molecule has 0 heterocycles. The standard InChI is InChI=1S/C22H29O4P/c1-25-22(17-9-5-10-18(14-17)26-27(2,23)24)21-16-8-6-12-20(21)19-11-4-3-7-15(19)13-16/h5,9-10,14,16,20H,3-4,6-8,11-13H2,1-2H3,(H,23,24). The van der Waals surface area contributed by atoms with E-state index in [1.54, 1.807) is 24.3 Å². The van der Waals surface area contributed by atoms with Crippen LogP contribution in [-0.4, -0.2) is 18.7 Å². The van der Waals surface area contributed by atoms with Crippen LogP contribution in [-0.2, 0) is 9.30 Å². The second-order valence-corrected chi connectivity index (χ2v) is 9.92. The Morgan fingerprint density at radius 2 is 2.00 bits per heavy atom. The monoisotopic (exact) mass is 388 g/mol. The molecule has 0 spiro atoms. The number of rotatable bonds is 4. The van der Waals surface area contributed by atoms with Crippen molar-refractivity contribution in [2.24, 2.45) is 11.8 Å². The van der Waals surface area contributed by atoms with Gasteiger partial charge in [-0.15, -0.1) is 0 Å². The number of hydrogen-bond donors (Lipinski definition) is 1. The van der Waals surface area contributed by atoms with E-state index in [-0.39, 0.29) is 0 Å². The van der Waals surface area contributed by atoms with Gasteiger partial charge in [-0.3, -0.25) is 0 Å². The average Bonchev–Trinajstić information content (AvgIpc) is 2.61. The smallest absolute Gasteiger partial charge is 0.373 e. The van der Waals surface area contributed by atoms with Crippen LogP contribution in [0.25, 0.3) is 5.76 Å². The highest BCUT2D eigenvalue weighted by Gasteiger charge is 2.39. The summed E-state index contributed by atoms with van der Waals surface area (Å²) in [5, 5.41) is 0. The highest BCUT2D eigenvalue weighted by Crippen LogP contribution is 2.53. The molecule has 1 saturated carbocycles. The highest BCUT2D eigenvalue weighted by molar-refractivity contribution is 7.52. The van der Waals surface area contributed by atoms with Gasteiger partial charge in [-0.05, 0) is 68.6 Å². The Morgan fingerprint density at radius 1 is 1.19 bits per heavy atom. The summed E-state index contributed by atoms with van der Waals surface area (Å²) in [6, 6.07) is 7.43. The maximum absolute atomic E-state index is 11.6. The first-order chi connectivity index (χ1) is 13.0. The summed E-state index contributed by atoms with van der Waals surface area (Å²) >= 11 is 0. The van der Waals surface area contributed by atoms with Gasteiger partial charge < -0.3 is 14.2 Å². The summed E-state index contributed by atoms with van der Waals surface area (Å²) in [4.78, 5) is 9.55. The minimum Gasteiger partial charge on any atom is -0.496 e. The minimum absolute atomic E-state index is 0.412. The lowest BCUT2D eigenvalue weighted by molar-refractivity contribution is 0.311. The van der Waals surface area contributed by atoms with Gasteiger partial charge in [-0.1, -0.05) is 29.7 Å². The predicted molar refractivity (Wildman–Crippen MR) is 108 cm³/mol. The van der Waals surface area contributed by atoms with E-state index < -0.39 is 7.60 Å². The lowest BCUT2D eigenvalue weighted by Gasteiger charge is -2.43. The SMILES string of the molecule is COC(=C1C2CCCC1C1=C(CCCC1)C2)c1cccc(OP(C)(=O)O)c1. The van der Waals surface area contributed by atoms with Crippen LogP contribution in [0.5, 0.6) is 5.75 Å². The molecular weight excluding hydrogens is 359 g/mol. The Kier molecular flexibility index (Phi) is 5.22. The average molecular weight is 388 g/mol. The predicted octanol–water partition coefficient (Wildman–Crippen LogP) is 5.93. The molecule has 0 aromatic heterocycles. The van der Waals surface area contributed by atoms with Gasteiger partial charge in [0.05, 0.1) is 7.11 Å². The molecule has 1 aromatic rings. The molecule has 2 bridgehead atoms. The van der Waals surface area contributed by atoms with Gasteiger partial charge in [0.1, 0.15) is 11.5 Å². The summed E-state index contributed by atoms with van der Waals surface area (Å²) in [6.07, 6.45) is 10.1. The fourth-order valence-electron chi connectivity index (χ4n) is 5.32. The maximum Gasteiger partial charge on any atom is 0.373 e. The molecule has 3 unspecified atom stereocenters. The van der Waals surface area contributed by atoms with Gasteiger partial charge >= 0.3 is 7.60 Å². The Bertz CT molecular complexity index is 832. The Hall–Kier alpha value is -1.51. The van der Waals surface area contributed by atoms with Crippen molar-refractivity contribution < 1.29 is 18.7 Å². The van der Waals surface area contributed by atoms with E-state index in [2.05, 4.69) is 0 Å². The number of ether oxygens (including phenoxy) is 1. The summed E-state index contributed by atoms with van der Waals surface area (Å²) in [6.45, 7) is 1.21. The Labute approximate surface area is 161 Å². The van der Waals surface area contributed by atoms with Crippen molar-refractivity contribution in [1.29, 1.82) is 0 Å². The molecule has 1 N–H and O–H groups in total. The normalized spacial score (nSPS) is 28.9. The van der Waals surface area contributed by atoms with Crippen molar-refractivity contribution in [2.45, 2.75) is 51.4 Å². The molecule has 3 aliphatic carbocycles. The van der Waals surface area contributed by atoms with Gasteiger partial charge in [-0.25, -0.2) is 4.57 Å². The number of methoxy groups -OCH3 is 1. The van der Waals surface area contributed by atoms with E-state index in [0.717, 1.165) is 11.3 Å². The van der Waals surface area contributed by atoms with Crippen LogP contribution in [0.4, 0.5) is 0 Å². The molecule has 4 nitrogen and oxygen atoms in total. The largest absolute Gasteiger partial charge is 0.496 e. The van der Waals surface area contributed by atoms with Gasteiger partial charge in [0.15, 0.2) is 0 Å². The van der Waals surface area contributed by atoms with Crippen molar-refractivity contribution in [1.82, 2.24) is 0 Å². The molecule has 3 atom stereocenters. The van der Waals surface area contributed by atoms with E-state index in [4.69, 9.17) is 9.26 Å². The molecule has 0 amide bonds. The zero-order chi connectivity index (χ0) is 19.0. The summed E-state index contributed by atoms with van der Waals surface area (Å²) in [5.74, 6) is 2.43. The van der Waals surface area contributed by atoms with Crippen LogP contribution in [0.1, 0.15) is 56.9 Å². The zero-order valence-corrected chi connectivity index (χ0v) is 17.1. The minimum atomic E-state index is -3.58. The first-order valence-electron chi connectivity index (χ1n) is 10.1. The molecule has 27 heavy (non-hydrogen) atoms. The molecule has 0 aliphatic heterocycles. The topological polar surface area (TPSA) is 55.8 Å². The van der Waals surface area contributed by atoms with Crippen LogP contribution in [0.3, 0.4) is 0 Å². The number of fused-ring (bicyclic) bond motifs is 3. The number of benzene rings is 1. The summed E-state index contributed by atoms with van der Waals surface area (Å²) in [5.41, 5.74) is 5.79. The first-order valence-corrected chi connectivity index (χ1v) is 12.1. The lowest BCUT2D eigenvalue weighted by Crippen LogP contribution is -2.30. The summed E-state index contributed by atoms with van der Waals surface area (Å²) < 4.78 is 22.8. The first kappa shape index (κ1) is 18.8. The number of allylic oxidation sites excluding steroid dienone is 3. The van der Waals surface area contributed by atoms with E-state index in [9.17, 15) is 9.46 Å². The third kappa shape index (κ3) is 3.88. The van der Waals surface area contributed by atoms with E-state index >= 15 is 0 Å². The molecule has 146 valence electrons. The second kappa shape index (κ2) is 7.48. The Balaban J connectivity index is 1.77. The Morgan fingerprint density at radius 3 is 2.78 bits per heavy atom. The highest BCUT2D eigenvalue weighted by atomic mass is 31.2. The van der Waals surface area contributed by atoms with Gasteiger partial charge in [0, 0.05) is 18.1 Å². The third-order valence-corrected chi connectivity index (χ3v) is 6.79. The second-order valence-electron chi connectivity index (χ2n) is 8.13. The van der Waals surface area contributed by atoms with E-state index in [1.165, 1.54) is 63.6 Å². The van der Waals surface area contributed by atoms with Gasteiger partial charge in [0.2, 0.25) is 0 Å². The molecule has 0 saturated heterocycles. The number of hydrogen-bond acceptors (Lipinski definition) is 3. The van der Waals surface area contributed by atoms with Crippen LogP contribution in [0.15, 0.2) is 41.0 Å². The summed E-state index contributed by atoms with van der Waals surface area (Å²) in [7, 11) is -1.84. The zero-order valence-electron chi connectivity index (χ0n) is 16.2. The quantitative estimate of drug-likeness (QED) is 0.395.